The number of nitrogens with zero attached hydrogens (tertiary/aromatic N) is 7. The van der Waals surface area contributed by atoms with Gasteiger partial charge in [0.15, 0.2) is 0 Å². The molecule has 2 aliphatic heterocycles. The zero-order valence-electron chi connectivity index (χ0n) is 33.0. The lowest BCUT2D eigenvalue weighted by Crippen LogP contribution is -2.49. The lowest BCUT2D eigenvalue weighted by molar-refractivity contribution is -0.134. The molecule has 18 heteroatoms. The molecule has 2 aliphatic rings. The van der Waals surface area contributed by atoms with Crippen molar-refractivity contribution in [2.24, 2.45) is 0 Å². The average Bonchev–Trinajstić information content (AvgIpc) is 3.90. The van der Waals surface area contributed by atoms with E-state index in [-0.39, 0.29) is 67.9 Å². The van der Waals surface area contributed by atoms with E-state index >= 15 is 4.39 Å². The van der Waals surface area contributed by atoms with Crippen LogP contribution in [0.15, 0.2) is 91.3 Å². The summed E-state index contributed by atoms with van der Waals surface area (Å²) in [4.78, 5) is 68.5. The van der Waals surface area contributed by atoms with Crippen molar-refractivity contribution < 1.29 is 47.3 Å². The number of hydrogen-bond donors (Lipinski definition) is 2. The molecule has 1 aromatic heterocycles. The molecule has 0 radical (unpaired) electrons. The Bertz CT molecular complexity index is 2360. The van der Waals surface area contributed by atoms with Gasteiger partial charge in [-0.15, -0.1) is 5.10 Å². The summed E-state index contributed by atoms with van der Waals surface area (Å²) in [6.45, 7) is 2.93. The predicted molar refractivity (Wildman–Crippen MR) is 210 cm³/mol. The van der Waals surface area contributed by atoms with Crippen LogP contribution in [0.4, 0.5) is 8.78 Å². The number of ether oxygens (including phenoxy) is 2. The zero-order valence-corrected chi connectivity index (χ0v) is 33.0. The molecule has 16 nitrogen and oxygen atoms in total. The quantitative estimate of drug-likeness (QED) is 0.235. The smallest absolute Gasteiger partial charge is 0.300 e. The largest absolute Gasteiger partial charge is 0.481 e. The maximum atomic E-state index is 15.0. The number of aliphatic carboxylic acids is 1. The van der Waals surface area contributed by atoms with Gasteiger partial charge in [-0.05, 0) is 83.1 Å². The van der Waals surface area contributed by atoms with Gasteiger partial charge in [0, 0.05) is 68.5 Å². The number of carbonyl (C=O) groups is 5. The number of hydrogen-bond acceptors (Lipinski definition) is 10. The summed E-state index contributed by atoms with van der Waals surface area (Å²) in [5, 5.41) is 21.5. The van der Waals surface area contributed by atoms with Crippen molar-refractivity contribution in [2.75, 3.05) is 33.2 Å². The van der Waals surface area contributed by atoms with E-state index in [2.05, 4.69) is 20.8 Å². The number of likely N-dealkylation sites (tertiary alicyclic amines) is 1. The molecule has 312 valence electrons. The average molecular weight is 825 g/mol. The number of tetrazole rings is 1. The predicted octanol–water partition coefficient (Wildman–Crippen LogP) is 4.49. The molecule has 4 aromatic carbocycles. The van der Waals surface area contributed by atoms with Crippen LogP contribution in [-0.2, 0) is 27.5 Å². The van der Waals surface area contributed by atoms with E-state index < -0.39 is 47.5 Å². The Hall–Kier alpha value is -7.08. The summed E-state index contributed by atoms with van der Waals surface area (Å²) < 4.78 is 43.3. The van der Waals surface area contributed by atoms with Crippen LogP contribution >= 0.6 is 0 Å². The van der Waals surface area contributed by atoms with Gasteiger partial charge in [0.25, 0.3) is 23.7 Å². The van der Waals surface area contributed by atoms with Crippen molar-refractivity contribution in [3.05, 3.63) is 131 Å². The van der Waals surface area contributed by atoms with Crippen LogP contribution in [0.2, 0.25) is 0 Å². The van der Waals surface area contributed by atoms with Gasteiger partial charge < -0.3 is 34.6 Å². The summed E-state index contributed by atoms with van der Waals surface area (Å²) in [7, 11) is 1.51. The van der Waals surface area contributed by atoms with Gasteiger partial charge in [0.2, 0.25) is 5.91 Å². The van der Waals surface area contributed by atoms with E-state index in [0.717, 1.165) is 6.92 Å². The molecule has 0 spiro atoms. The topological polar surface area (TPSA) is 189 Å². The fraction of sp³-hybridized carbons (Fsp3) is 0.286. The maximum Gasteiger partial charge on any atom is 0.300 e. The highest BCUT2D eigenvalue weighted by molar-refractivity contribution is 6.01. The van der Waals surface area contributed by atoms with Crippen molar-refractivity contribution in [1.29, 1.82) is 0 Å². The van der Waals surface area contributed by atoms with E-state index in [9.17, 15) is 23.6 Å². The molecular formula is C42H42F2N8O8. The van der Waals surface area contributed by atoms with Crippen molar-refractivity contribution in [3.8, 4) is 17.2 Å². The minimum absolute atomic E-state index is 0.0470. The Kier molecular flexibility index (Phi) is 13.5. The number of aromatic nitrogens is 4. The molecule has 0 aliphatic carbocycles. The van der Waals surface area contributed by atoms with Gasteiger partial charge in [-0.1, -0.05) is 25.1 Å². The standard InChI is InChI=1S/C40H38F2N8O6.C2H4O2/c1-3-12-48-22-37(51)44-35-20-49(39(53)26-8-10-31(11-9-26)50-24-43-45-46-50)21-36(35)55-23-25-13-30(41)18-32(14-25)56-33-16-28(15-29(17-33)40(48)54)38(52)47(2)19-27-6-4-5-7-34(27)42;1-2(3)4/h4-11,13-18,24,35-36H,3,12,19-23H2,1-2H3,(H,44,51);1H3,(H,3,4)/t35-,36-;/m1./s1. The summed E-state index contributed by atoms with van der Waals surface area (Å²) in [5.74, 6) is -3.62. The molecule has 4 bridgehead atoms. The van der Waals surface area contributed by atoms with Crippen molar-refractivity contribution in [3.63, 3.8) is 0 Å². The van der Waals surface area contributed by atoms with E-state index in [0.29, 0.717) is 28.8 Å². The second-order valence-electron chi connectivity index (χ2n) is 14.2. The number of fused-ring (bicyclic) bond motifs is 5. The van der Waals surface area contributed by atoms with Gasteiger partial charge in [0.1, 0.15) is 29.5 Å². The van der Waals surface area contributed by atoms with E-state index in [1.807, 2.05) is 6.92 Å². The highest BCUT2D eigenvalue weighted by Crippen LogP contribution is 2.29. The van der Waals surface area contributed by atoms with Crippen molar-refractivity contribution in [2.45, 2.75) is 45.6 Å². The molecule has 4 amide bonds. The van der Waals surface area contributed by atoms with Gasteiger partial charge in [-0.2, -0.15) is 0 Å². The van der Waals surface area contributed by atoms with Crippen LogP contribution in [-0.4, -0.2) is 115 Å². The Morgan fingerprint density at radius 1 is 0.950 bits per heavy atom. The second-order valence-corrected chi connectivity index (χ2v) is 14.2. The van der Waals surface area contributed by atoms with Crippen LogP contribution in [0.1, 0.15) is 62.5 Å². The molecule has 1 fully saturated rings. The number of carboxylic acid groups (broad SMARTS) is 1. The third-order valence-corrected chi connectivity index (χ3v) is 9.49. The van der Waals surface area contributed by atoms with Crippen LogP contribution in [0.25, 0.3) is 5.69 Å². The molecule has 3 heterocycles. The monoisotopic (exact) mass is 824 g/mol. The molecule has 60 heavy (non-hydrogen) atoms. The summed E-state index contributed by atoms with van der Waals surface area (Å²) in [5.41, 5.74) is 1.89. The second kappa shape index (κ2) is 19.1. The van der Waals surface area contributed by atoms with E-state index in [1.54, 1.807) is 53.4 Å². The number of amides is 4. The first-order chi connectivity index (χ1) is 28.8. The number of benzene rings is 4. The highest BCUT2D eigenvalue weighted by atomic mass is 19.1. The Morgan fingerprint density at radius 3 is 2.38 bits per heavy atom. The molecule has 0 unspecified atom stereocenters. The van der Waals surface area contributed by atoms with Crippen LogP contribution in [0.3, 0.4) is 0 Å². The fourth-order valence-electron chi connectivity index (χ4n) is 6.78. The minimum atomic E-state index is -0.833. The van der Waals surface area contributed by atoms with Crippen molar-refractivity contribution >= 4 is 29.6 Å². The molecule has 2 N–H and O–H groups in total. The Labute approximate surface area is 343 Å². The Morgan fingerprint density at radius 2 is 1.68 bits per heavy atom. The summed E-state index contributed by atoms with van der Waals surface area (Å²) in [6.07, 6.45) is 1.27. The molecular weight excluding hydrogens is 783 g/mol. The normalized spacial score (nSPS) is 16.5. The number of halogens is 2. The minimum Gasteiger partial charge on any atom is -0.481 e. The highest BCUT2D eigenvalue weighted by Gasteiger charge is 2.38. The number of rotatable bonds is 7. The first kappa shape index (κ1) is 42.5. The number of nitrogens with one attached hydrogen (secondary N) is 1. The van der Waals surface area contributed by atoms with Crippen LogP contribution < -0.4 is 10.1 Å². The lowest BCUT2D eigenvalue weighted by atomic mass is 10.1. The van der Waals surface area contributed by atoms with Gasteiger partial charge >= 0.3 is 0 Å². The lowest BCUT2D eigenvalue weighted by Gasteiger charge is -2.25. The third kappa shape index (κ3) is 10.7. The van der Waals surface area contributed by atoms with Gasteiger partial charge in [0.05, 0.1) is 31.0 Å². The summed E-state index contributed by atoms with van der Waals surface area (Å²) >= 11 is 0. The van der Waals surface area contributed by atoms with Crippen LogP contribution in [0, 0.1) is 11.6 Å². The summed E-state index contributed by atoms with van der Waals surface area (Å²) in [6, 6.07) is 20.4. The molecule has 5 aromatic rings. The van der Waals surface area contributed by atoms with Gasteiger partial charge in [-0.25, -0.2) is 13.5 Å². The third-order valence-electron chi connectivity index (χ3n) is 9.49. The molecule has 0 saturated carbocycles. The molecule has 7 rings (SSSR count). The SMILES string of the molecule is CC(=O)O.CCCN1CC(=O)N[C@@H]2CN(C(=O)c3ccc(-n4cnnn4)cc3)C[C@H]2OCc2cc(F)cc(c2)Oc2cc(C(=O)N(C)Cc3ccccc3F)cc(c2)C1=O. The van der Waals surface area contributed by atoms with E-state index in [1.165, 1.54) is 64.3 Å². The van der Waals surface area contributed by atoms with E-state index in [4.69, 9.17) is 19.4 Å². The maximum absolute atomic E-state index is 15.0. The first-order valence-corrected chi connectivity index (χ1v) is 18.9. The van der Waals surface area contributed by atoms with Crippen molar-refractivity contribution in [1.82, 2.24) is 40.2 Å². The first-order valence-electron chi connectivity index (χ1n) is 18.9. The molecule has 1 saturated heterocycles. The number of carbonyl (C=O) groups excluding carboxylic acids is 4. The Balaban J connectivity index is 0.00000144. The fourth-order valence-corrected chi connectivity index (χ4v) is 6.78. The molecule has 2 atom stereocenters. The zero-order chi connectivity index (χ0) is 42.9. The number of carboxylic acids is 1. The van der Waals surface area contributed by atoms with Gasteiger partial charge in [-0.3, -0.25) is 24.0 Å². The van der Waals surface area contributed by atoms with Crippen LogP contribution in [0.5, 0.6) is 11.5 Å².